The third-order valence-electron chi connectivity index (χ3n) is 3.84. The van der Waals surface area contributed by atoms with Gasteiger partial charge in [-0.25, -0.2) is 14.6 Å². The van der Waals surface area contributed by atoms with Gasteiger partial charge in [0, 0.05) is 17.0 Å². The number of aromatic amines is 1. The molecule has 28 heavy (non-hydrogen) atoms. The molecule has 0 atom stereocenters. The van der Waals surface area contributed by atoms with Crippen LogP contribution in [0, 0.1) is 6.92 Å². The Labute approximate surface area is 163 Å². The van der Waals surface area contributed by atoms with Crippen molar-refractivity contribution in [1.82, 2.24) is 9.97 Å². The number of thiophene rings is 1. The van der Waals surface area contributed by atoms with Gasteiger partial charge in [0.25, 0.3) is 5.91 Å². The Kier molecular flexibility index (Phi) is 5.41. The minimum Gasteiger partial charge on any atom is -0.477 e. The number of aryl methyl sites for hydroxylation is 1. The van der Waals surface area contributed by atoms with E-state index in [1.54, 1.807) is 18.2 Å². The Morgan fingerprint density at radius 3 is 2.57 bits per heavy atom. The summed E-state index contributed by atoms with van der Waals surface area (Å²) in [5, 5.41) is 14.2. The molecule has 10 heteroatoms. The van der Waals surface area contributed by atoms with Crippen molar-refractivity contribution in [1.29, 1.82) is 0 Å². The van der Waals surface area contributed by atoms with Crippen molar-refractivity contribution in [2.75, 3.05) is 10.6 Å². The highest BCUT2D eigenvalue weighted by molar-refractivity contribution is 7.13. The van der Waals surface area contributed by atoms with Crippen molar-refractivity contribution in [3.63, 3.8) is 0 Å². The highest BCUT2D eigenvalue weighted by Crippen LogP contribution is 2.21. The maximum atomic E-state index is 12.3. The Morgan fingerprint density at radius 1 is 1.18 bits per heavy atom. The molecule has 0 saturated heterocycles. The molecule has 144 valence electrons. The summed E-state index contributed by atoms with van der Waals surface area (Å²) >= 11 is 1.10. The van der Waals surface area contributed by atoms with Gasteiger partial charge in [-0.15, -0.1) is 11.3 Å². The Bertz CT molecular complexity index is 1060. The van der Waals surface area contributed by atoms with Gasteiger partial charge in [-0.1, -0.05) is 18.2 Å². The van der Waals surface area contributed by atoms with Crippen LogP contribution in [0.3, 0.4) is 0 Å². The average Bonchev–Trinajstić information content (AvgIpc) is 3.24. The van der Waals surface area contributed by atoms with Gasteiger partial charge < -0.3 is 21.1 Å². The quantitative estimate of drug-likeness (QED) is 0.432. The predicted molar refractivity (Wildman–Crippen MR) is 105 cm³/mol. The second kappa shape index (κ2) is 7.92. The number of primary amides is 1. The van der Waals surface area contributed by atoms with E-state index in [2.05, 4.69) is 20.6 Å². The third kappa shape index (κ3) is 4.35. The van der Waals surface area contributed by atoms with Crippen LogP contribution in [-0.4, -0.2) is 33.0 Å². The topological polar surface area (TPSA) is 150 Å². The molecule has 0 aliphatic heterocycles. The SMILES string of the molecule is Cc1ccccc1NC(=O)Nc1nc(Cc2ccc(C(=O)O)s2)[nH]c1C(N)=O. The van der Waals surface area contributed by atoms with Crippen LogP contribution in [0.15, 0.2) is 36.4 Å². The lowest BCUT2D eigenvalue weighted by Gasteiger charge is -2.08. The average molecular weight is 399 g/mol. The first-order valence-electron chi connectivity index (χ1n) is 8.18. The molecule has 3 amide bonds. The molecule has 3 aromatic rings. The van der Waals surface area contributed by atoms with Crippen molar-refractivity contribution in [3.8, 4) is 0 Å². The number of carboxylic acids is 1. The number of urea groups is 1. The number of nitrogens with one attached hydrogen (secondary N) is 3. The molecule has 2 aromatic heterocycles. The summed E-state index contributed by atoms with van der Waals surface area (Å²) < 4.78 is 0. The first-order chi connectivity index (χ1) is 13.3. The number of hydrogen-bond donors (Lipinski definition) is 5. The fourth-order valence-electron chi connectivity index (χ4n) is 2.50. The molecule has 3 rings (SSSR count). The number of nitrogens with two attached hydrogens (primary N) is 1. The Morgan fingerprint density at radius 2 is 1.93 bits per heavy atom. The molecule has 2 heterocycles. The normalized spacial score (nSPS) is 10.5. The number of aromatic carboxylic acids is 1. The zero-order valence-corrected chi connectivity index (χ0v) is 15.6. The lowest BCUT2D eigenvalue weighted by molar-refractivity contribution is 0.0702. The standard InChI is InChI=1S/C18H17N5O4S/c1-9-4-2-3-5-11(9)20-18(27)23-16-14(15(19)24)21-13(22-16)8-10-6-7-12(28-10)17(25)26/h2-7H,8H2,1H3,(H2,19,24)(H,21,22)(H,25,26)(H2,20,23,27). The van der Waals surface area contributed by atoms with Crippen molar-refractivity contribution < 1.29 is 19.5 Å². The van der Waals surface area contributed by atoms with Crippen LogP contribution in [0.5, 0.6) is 0 Å². The van der Waals surface area contributed by atoms with Crippen LogP contribution < -0.4 is 16.4 Å². The molecular formula is C18H17N5O4S. The number of benzene rings is 1. The fourth-order valence-corrected chi connectivity index (χ4v) is 3.35. The zero-order valence-electron chi connectivity index (χ0n) is 14.8. The zero-order chi connectivity index (χ0) is 20.3. The molecule has 0 aliphatic carbocycles. The van der Waals surface area contributed by atoms with Gasteiger partial charge in [-0.05, 0) is 30.7 Å². The van der Waals surface area contributed by atoms with Crippen molar-refractivity contribution in [3.05, 3.63) is 63.2 Å². The minimum absolute atomic E-state index is 0.00333. The van der Waals surface area contributed by atoms with Crippen LogP contribution in [0.4, 0.5) is 16.3 Å². The van der Waals surface area contributed by atoms with Crippen LogP contribution in [0.2, 0.25) is 0 Å². The first-order valence-corrected chi connectivity index (χ1v) is 8.99. The number of anilines is 2. The number of imidazole rings is 1. The van der Waals surface area contributed by atoms with Crippen LogP contribution in [-0.2, 0) is 6.42 Å². The van der Waals surface area contributed by atoms with E-state index < -0.39 is 17.9 Å². The van der Waals surface area contributed by atoms with Gasteiger partial charge in [-0.2, -0.15) is 0 Å². The number of carboxylic acid groups (broad SMARTS) is 1. The number of carbonyl (C=O) groups is 3. The minimum atomic E-state index is -1.01. The molecule has 0 fully saturated rings. The fraction of sp³-hybridized carbons (Fsp3) is 0.111. The summed E-state index contributed by atoms with van der Waals surface area (Å²) in [6, 6.07) is 9.83. The van der Waals surface area contributed by atoms with Crippen LogP contribution in [0.1, 0.15) is 36.4 Å². The number of H-pyrrole nitrogens is 1. The summed E-state index contributed by atoms with van der Waals surface area (Å²) in [5.41, 5.74) is 6.82. The van der Waals surface area contributed by atoms with E-state index in [4.69, 9.17) is 10.8 Å². The summed E-state index contributed by atoms with van der Waals surface area (Å²) in [6.07, 6.45) is 0.263. The number of aromatic nitrogens is 2. The molecule has 0 saturated carbocycles. The molecule has 0 spiro atoms. The highest BCUT2D eigenvalue weighted by Gasteiger charge is 2.18. The van der Waals surface area contributed by atoms with Gasteiger partial charge in [-0.3, -0.25) is 10.1 Å². The largest absolute Gasteiger partial charge is 0.477 e. The maximum absolute atomic E-state index is 12.3. The number of amides is 3. The predicted octanol–water partition coefficient (Wildman–Crippen LogP) is 2.81. The van der Waals surface area contributed by atoms with E-state index in [1.165, 1.54) is 6.07 Å². The van der Waals surface area contributed by atoms with E-state index in [-0.39, 0.29) is 22.8 Å². The highest BCUT2D eigenvalue weighted by atomic mass is 32.1. The molecule has 1 aromatic carbocycles. The van der Waals surface area contributed by atoms with Crippen LogP contribution >= 0.6 is 11.3 Å². The lowest BCUT2D eigenvalue weighted by atomic mass is 10.2. The summed E-state index contributed by atoms with van der Waals surface area (Å²) in [5.74, 6) is -1.41. The van der Waals surface area contributed by atoms with Gasteiger partial charge in [0.1, 0.15) is 16.4 Å². The maximum Gasteiger partial charge on any atom is 0.345 e. The van der Waals surface area contributed by atoms with E-state index in [0.29, 0.717) is 11.5 Å². The molecule has 0 unspecified atom stereocenters. The van der Waals surface area contributed by atoms with Gasteiger partial charge in [0.05, 0.1) is 0 Å². The second-order valence-corrected chi connectivity index (χ2v) is 7.08. The number of nitrogens with zero attached hydrogens (tertiary/aromatic N) is 1. The van der Waals surface area contributed by atoms with Gasteiger partial charge >= 0.3 is 12.0 Å². The van der Waals surface area contributed by atoms with E-state index in [1.807, 2.05) is 19.1 Å². The summed E-state index contributed by atoms with van der Waals surface area (Å²) in [4.78, 5) is 42.9. The van der Waals surface area contributed by atoms with E-state index >= 15 is 0 Å². The van der Waals surface area contributed by atoms with Crippen molar-refractivity contribution in [2.45, 2.75) is 13.3 Å². The monoisotopic (exact) mass is 399 g/mol. The molecule has 0 radical (unpaired) electrons. The number of rotatable bonds is 6. The molecule has 6 N–H and O–H groups in total. The molecular weight excluding hydrogens is 382 g/mol. The molecule has 9 nitrogen and oxygen atoms in total. The Hall–Kier alpha value is -3.66. The molecule has 0 bridgehead atoms. The van der Waals surface area contributed by atoms with Crippen molar-refractivity contribution >= 4 is 40.7 Å². The molecule has 0 aliphatic rings. The number of para-hydroxylation sites is 1. The van der Waals surface area contributed by atoms with Crippen LogP contribution in [0.25, 0.3) is 0 Å². The lowest BCUT2D eigenvalue weighted by Crippen LogP contribution is -2.23. The summed E-state index contributed by atoms with van der Waals surface area (Å²) in [6.45, 7) is 1.85. The summed E-state index contributed by atoms with van der Waals surface area (Å²) in [7, 11) is 0. The number of carbonyl (C=O) groups excluding carboxylic acids is 2. The number of hydrogen-bond acceptors (Lipinski definition) is 5. The van der Waals surface area contributed by atoms with Gasteiger partial charge in [0.15, 0.2) is 5.82 Å². The third-order valence-corrected chi connectivity index (χ3v) is 4.91. The van der Waals surface area contributed by atoms with E-state index in [0.717, 1.165) is 21.8 Å². The Balaban J connectivity index is 1.76. The smallest absolute Gasteiger partial charge is 0.345 e. The first kappa shape index (κ1) is 19.1. The van der Waals surface area contributed by atoms with Crippen molar-refractivity contribution in [2.24, 2.45) is 5.73 Å². The van der Waals surface area contributed by atoms with E-state index in [9.17, 15) is 14.4 Å². The van der Waals surface area contributed by atoms with Gasteiger partial charge in [0.2, 0.25) is 0 Å². The second-order valence-electron chi connectivity index (χ2n) is 5.91.